The summed E-state index contributed by atoms with van der Waals surface area (Å²) in [4.78, 5) is 0. The van der Waals surface area contributed by atoms with Crippen LogP contribution in [0, 0.1) is 0 Å². The summed E-state index contributed by atoms with van der Waals surface area (Å²) in [6, 6.07) is 11.9. The highest BCUT2D eigenvalue weighted by atomic mass is 16.5. The first kappa shape index (κ1) is 14.5. The summed E-state index contributed by atoms with van der Waals surface area (Å²) in [6.45, 7) is 5.84. The topological polar surface area (TPSA) is 49.7 Å². The van der Waals surface area contributed by atoms with Gasteiger partial charge in [-0.15, -0.1) is 0 Å². The lowest BCUT2D eigenvalue weighted by Crippen LogP contribution is -2.13. The third-order valence-corrected chi connectivity index (χ3v) is 4.16. The molecule has 2 aromatic carbocycles. The zero-order valence-corrected chi connectivity index (χ0v) is 12.7. The maximum Gasteiger partial charge on any atom is 0.200 e. The molecule has 0 radical (unpaired) electrons. The van der Waals surface area contributed by atoms with E-state index in [1.54, 1.807) is 6.07 Å². The van der Waals surface area contributed by atoms with Gasteiger partial charge in [0.1, 0.15) is 6.10 Å². The summed E-state index contributed by atoms with van der Waals surface area (Å²) in [6.07, 6.45) is 2.25. The maximum atomic E-state index is 10.0. The molecular formula is C19H20O3. The van der Waals surface area contributed by atoms with Crippen LogP contribution in [0.2, 0.25) is 0 Å². The molecule has 1 heterocycles. The molecular weight excluding hydrogens is 276 g/mol. The van der Waals surface area contributed by atoms with Gasteiger partial charge in [0, 0.05) is 12.0 Å². The zero-order valence-electron chi connectivity index (χ0n) is 12.7. The Hall–Kier alpha value is -2.42. The van der Waals surface area contributed by atoms with Crippen LogP contribution in [0.15, 0.2) is 48.6 Å². The van der Waals surface area contributed by atoms with Crippen LogP contribution in [-0.4, -0.2) is 16.3 Å². The summed E-state index contributed by atoms with van der Waals surface area (Å²) in [5.74, 6) is 0.127. The Morgan fingerprint density at radius 3 is 2.64 bits per heavy atom. The molecule has 22 heavy (non-hydrogen) atoms. The average Bonchev–Trinajstić information content (AvgIpc) is 2.96. The van der Waals surface area contributed by atoms with Gasteiger partial charge in [0.25, 0.3) is 0 Å². The van der Waals surface area contributed by atoms with Crippen LogP contribution in [-0.2, 0) is 19.3 Å². The van der Waals surface area contributed by atoms with Gasteiger partial charge in [-0.2, -0.15) is 0 Å². The second-order valence-corrected chi connectivity index (χ2v) is 5.85. The number of aryl methyl sites for hydroxylation is 2. The molecule has 3 rings (SSSR count). The zero-order chi connectivity index (χ0) is 15.7. The van der Waals surface area contributed by atoms with Crippen LogP contribution in [0.1, 0.15) is 23.6 Å². The fraction of sp³-hybridized carbons (Fsp3) is 0.263. The summed E-state index contributed by atoms with van der Waals surface area (Å²) in [5.41, 5.74) is 4.18. The van der Waals surface area contributed by atoms with E-state index in [2.05, 4.69) is 18.7 Å². The summed E-state index contributed by atoms with van der Waals surface area (Å²) in [5, 5.41) is 20.0. The van der Waals surface area contributed by atoms with Crippen molar-refractivity contribution in [1.29, 1.82) is 0 Å². The van der Waals surface area contributed by atoms with Gasteiger partial charge < -0.3 is 14.9 Å². The minimum absolute atomic E-state index is 0.121. The molecule has 1 aliphatic heterocycles. The molecule has 0 fully saturated rings. The maximum absolute atomic E-state index is 10.0. The monoisotopic (exact) mass is 296 g/mol. The minimum atomic E-state index is -0.165. The van der Waals surface area contributed by atoms with Crippen LogP contribution >= 0.6 is 0 Å². The number of ether oxygens (including phenoxy) is 1. The van der Waals surface area contributed by atoms with Crippen LogP contribution in [0.4, 0.5) is 0 Å². The van der Waals surface area contributed by atoms with Gasteiger partial charge in [-0.25, -0.2) is 0 Å². The standard InChI is InChI=1S/C19H20O3/c1-12(2)17-11-15-14(9-8-13-6-4-3-5-7-13)10-16(20)18(21)19(15)22-17/h3-7,10,17,20-21H,1,8-9,11H2,2H3. The second kappa shape index (κ2) is 5.76. The van der Waals surface area contributed by atoms with E-state index in [4.69, 9.17) is 4.74 Å². The quantitative estimate of drug-likeness (QED) is 0.667. The van der Waals surface area contributed by atoms with Crippen molar-refractivity contribution in [3.63, 3.8) is 0 Å². The second-order valence-electron chi connectivity index (χ2n) is 5.85. The lowest BCUT2D eigenvalue weighted by Gasteiger charge is -2.11. The third-order valence-electron chi connectivity index (χ3n) is 4.16. The summed E-state index contributed by atoms with van der Waals surface area (Å²) in [7, 11) is 0. The summed E-state index contributed by atoms with van der Waals surface area (Å²) < 4.78 is 5.76. The first-order valence-electron chi connectivity index (χ1n) is 7.49. The summed E-state index contributed by atoms with van der Waals surface area (Å²) >= 11 is 0. The lowest BCUT2D eigenvalue weighted by atomic mass is 9.95. The van der Waals surface area contributed by atoms with Crippen molar-refractivity contribution in [3.8, 4) is 17.2 Å². The molecule has 0 amide bonds. The van der Waals surface area contributed by atoms with Gasteiger partial charge >= 0.3 is 0 Å². The average molecular weight is 296 g/mol. The highest BCUT2D eigenvalue weighted by Crippen LogP contribution is 2.46. The van der Waals surface area contributed by atoms with Crippen LogP contribution < -0.4 is 4.74 Å². The molecule has 0 saturated carbocycles. The van der Waals surface area contributed by atoms with Crippen molar-refractivity contribution in [3.05, 3.63) is 65.2 Å². The Morgan fingerprint density at radius 2 is 1.95 bits per heavy atom. The molecule has 0 aliphatic carbocycles. The van der Waals surface area contributed by atoms with Crippen molar-refractivity contribution in [2.24, 2.45) is 0 Å². The molecule has 1 atom stereocenters. The number of fused-ring (bicyclic) bond motifs is 1. The Morgan fingerprint density at radius 1 is 1.23 bits per heavy atom. The number of phenols is 2. The van der Waals surface area contributed by atoms with Crippen molar-refractivity contribution >= 4 is 0 Å². The normalized spacial score (nSPS) is 16.1. The van der Waals surface area contributed by atoms with Crippen LogP contribution in [0.25, 0.3) is 0 Å². The van der Waals surface area contributed by atoms with Gasteiger partial charge in [0.05, 0.1) is 0 Å². The molecule has 3 nitrogen and oxygen atoms in total. The first-order chi connectivity index (χ1) is 10.6. The van der Waals surface area contributed by atoms with Gasteiger partial charge in [-0.1, -0.05) is 36.9 Å². The Labute approximate surface area is 130 Å². The van der Waals surface area contributed by atoms with Crippen LogP contribution in [0.5, 0.6) is 17.2 Å². The number of aromatic hydroxyl groups is 2. The predicted octanol–water partition coefficient (Wildman–Crippen LogP) is 3.76. The number of hydrogen-bond acceptors (Lipinski definition) is 3. The van der Waals surface area contributed by atoms with Gasteiger partial charge in [-0.3, -0.25) is 0 Å². The van der Waals surface area contributed by atoms with E-state index in [-0.39, 0.29) is 17.6 Å². The van der Waals surface area contributed by atoms with Crippen LogP contribution in [0.3, 0.4) is 0 Å². The smallest absolute Gasteiger partial charge is 0.200 e. The molecule has 0 spiro atoms. The van der Waals surface area contributed by atoms with E-state index in [0.717, 1.165) is 29.5 Å². The number of benzene rings is 2. The molecule has 0 aromatic heterocycles. The molecule has 0 saturated heterocycles. The highest BCUT2D eigenvalue weighted by Gasteiger charge is 2.30. The Balaban J connectivity index is 1.88. The Bertz CT molecular complexity index is 704. The van der Waals surface area contributed by atoms with E-state index in [0.29, 0.717) is 12.2 Å². The third kappa shape index (κ3) is 2.67. The first-order valence-corrected chi connectivity index (χ1v) is 7.49. The van der Waals surface area contributed by atoms with Crippen molar-refractivity contribution in [1.82, 2.24) is 0 Å². The number of rotatable bonds is 4. The van der Waals surface area contributed by atoms with E-state index in [9.17, 15) is 10.2 Å². The predicted molar refractivity (Wildman–Crippen MR) is 86.6 cm³/mol. The van der Waals surface area contributed by atoms with E-state index in [1.807, 2.05) is 25.1 Å². The van der Waals surface area contributed by atoms with Crippen molar-refractivity contribution < 1.29 is 14.9 Å². The molecule has 114 valence electrons. The van der Waals surface area contributed by atoms with Crippen molar-refractivity contribution in [2.75, 3.05) is 0 Å². The number of phenolic OH excluding ortho intramolecular Hbond substituents is 2. The molecule has 2 N–H and O–H groups in total. The molecule has 1 aliphatic rings. The van der Waals surface area contributed by atoms with Gasteiger partial charge in [-0.05, 0) is 42.5 Å². The minimum Gasteiger partial charge on any atom is -0.504 e. The largest absolute Gasteiger partial charge is 0.504 e. The molecule has 0 bridgehead atoms. The van der Waals surface area contributed by atoms with Crippen molar-refractivity contribution in [2.45, 2.75) is 32.3 Å². The molecule has 2 aromatic rings. The number of hydrogen-bond donors (Lipinski definition) is 2. The molecule has 1 unspecified atom stereocenters. The van der Waals surface area contributed by atoms with E-state index in [1.165, 1.54) is 5.56 Å². The fourth-order valence-electron chi connectivity index (χ4n) is 2.87. The van der Waals surface area contributed by atoms with Gasteiger partial charge in [0.15, 0.2) is 11.5 Å². The highest BCUT2D eigenvalue weighted by molar-refractivity contribution is 5.60. The van der Waals surface area contributed by atoms with E-state index < -0.39 is 0 Å². The molecule has 3 heteroatoms. The Kier molecular flexibility index (Phi) is 3.80. The fourth-order valence-corrected chi connectivity index (χ4v) is 2.87. The van der Waals surface area contributed by atoms with E-state index >= 15 is 0 Å². The SMILES string of the molecule is C=C(C)C1Cc2c(CCc3ccccc3)cc(O)c(O)c2O1. The van der Waals surface area contributed by atoms with Gasteiger partial charge in [0.2, 0.25) is 5.75 Å². The lowest BCUT2D eigenvalue weighted by molar-refractivity contribution is 0.257.